The van der Waals surface area contributed by atoms with E-state index in [0.29, 0.717) is 0 Å². The highest BCUT2D eigenvalue weighted by molar-refractivity contribution is 5.97. The molecule has 2 rings (SSSR count). The van der Waals surface area contributed by atoms with E-state index in [1.165, 1.54) is 12.1 Å². The van der Waals surface area contributed by atoms with Gasteiger partial charge in [0.05, 0.1) is 11.7 Å². The summed E-state index contributed by atoms with van der Waals surface area (Å²) in [6.07, 6.45) is -1.19. The number of benzene rings is 2. The van der Waals surface area contributed by atoms with Gasteiger partial charge in [-0.3, -0.25) is 4.79 Å². The van der Waals surface area contributed by atoms with Crippen molar-refractivity contribution in [3.8, 4) is 5.75 Å². The number of amides is 1. The molecule has 1 atom stereocenters. The maximum Gasteiger partial charge on any atom is 0.255 e. The number of hydrogen-bond acceptors (Lipinski definition) is 3. The van der Waals surface area contributed by atoms with Gasteiger partial charge in [0.1, 0.15) is 5.75 Å². The molecule has 2 aromatic rings. The van der Waals surface area contributed by atoms with Crippen molar-refractivity contribution in [2.45, 2.75) is 25.9 Å². The number of carbonyl (C=O) groups is 1. The molecule has 0 aliphatic heterocycles. The summed E-state index contributed by atoms with van der Waals surface area (Å²) in [4.78, 5) is 12.2. The molecule has 1 unspecified atom stereocenters. The number of rotatable bonds is 5. The van der Waals surface area contributed by atoms with E-state index in [0.717, 1.165) is 17.7 Å². The molecule has 0 aliphatic carbocycles. The fraction of sp³-hybridized carbons (Fsp3) is 0.278. The molecule has 0 radical (unpaired) electrons. The predicted molar refractivity (Wildman–Crippen MR) is 85.8 cm³/mol. The van der Waals surface area contributed by atoms with Crippen molar-refractivity contribution >= 4 is 5.91 Å². The minimum Gasteiger partial charge on any atom is -0.507 e. The third kappa shape index (κ3) is 4.08. The Hall–Kier alpha value is -2.47. The van der Waals surface area contributed by atoms with Crippen LogP contribution in [0.5, 0.6) is 5.75 Å². The zero-order chi connectivity index (χ0) is 17.9. The topological polar surface area (TPSA) is 69.6 Å². The zero-order valence-electron chi connectivity index (χ0n) is 13.4. The second-order valence-corrected chi connectivity index (χ2v) is 5.83. The fourth-order valence-electron chi connectivity index (χ4n) is 2.22. The average Bonchev–Trinajstić information content (AvgIpc) is 2.55. The van der Waals surface area contributed by atoms with Crippen LogP contribution in [0.3, 0.4) is 0 Å². The first-order chi connectivity index (χ1) is 11.3. The van der Waals surface area contributed by atoms with Crippen molar-refractivity contribution in [3.63, 3.8) is 0 Å². The Morgan fingerprint density at radius 3 is 2.38 bits per heavy atom. The summed E-state index contributed by atoms with van der Waals surface area (Å²) in [5.74, 6) is -2.62. The Morgan fingerprint density at radius 1 is 1.08 bits per heavy atom. The molecule has 1 amide bonds. The van der Waals surface area contributed by atoms with E-state index in [9.17, 15) is 23.8 Å². The maximum atomic E-state index is 13.2. The molecule has 128 valence electrons. The monoisotopic (exact) mass is 335 g/mol. The largest absolute Gasteiger partial charge is 0.507 e. The number of phenolic OH excluding ortho intramolecular Hbond substituents is 1. The van der Waals surface area contributed by atoms with Gasteiger partial charge in [-0.2, -0.15) is 0 Å². The SMILES string of the molecule is CC(C)c1ccc(O)c(C(=O)NCC(O)c2ccc(F)c(F)c2)c1. The maximum absolute atomic E-state index is 13.2. The van der Waals surface area contributed by atoms with Gasteiger partial charge in [0, 0.05) is 6.54 Å². The summed E-state index contributed by atoms with van der Waals surface area (Å²) < 4.78 is 26.1. The average molecular weight is 335 g/mol. The Labute approximate surface area is 138 Å². The van der Waals surface area contributed by atoms with Gasteiger partial charge in [0.2, 0.25) is 0 Å². The van der Waals surface area contributed by atoms with Gasteiger partial charge in [0.25, 0.3) is 5.91 Å². The quantitative estimate of drug-likeness (QED) is 0.785. The summed E-state index contributed by atoms with van der Waals surface area (Å²) in [6, 6.07) is 7.78. The standard InChI is InChI=1S/C18H19F2NO3/c1-10(2)11-4-6-16(22)13(7-11)18(24)21-9-17(23)12-3-5-14(19)15(20)8-12/h3-8,10,17,22-23H,9H2,1-2H3,(H,21,24). The van der Waals surface area contributed by atoms with Crippen molar-refractivity contribution in [3.05, 3.63) is 64.7 Å². The smallest absolute Gasteiger partial charge is 0.255 e. The summed E-state index contributed by atoms with van der Waals surface area (Å²) >= 11 is 0. The van der Waals surface area contributed by atoms with Crippen LogP contribution in [0.4, 0.5) is 8.78 Å². The van der Waals surface area contributed by atoms with Crippen LogP contribution in [0.15, 0.2) is 36.4 Å². The lowest BCUT2D eigenvalue weighted by Crippen LogP contribution is -2.28. The van der Waals surface area contributed by atoms with Crippen LogP contribution in [0.25, 0.3) is 0 Å². The highest BCUT2D eigenvalue weighted by Crippen LogP contribution is 2.23. The first-order valence-corrected chi connectivity index (χ1v) is 7.53. The van der Waals surface area contributed by atoms with Gasteiger partial charge in [-0.1, -0.05) is 26.0 Å². The number of carbonyl (C=O) groups excluding carboxylic acids is 1. The van der Waals surface area contributed by atoms with E-state index in [1.54, 1.807) is 12.1 Å². The predicted octanol–water partition coefficient (Wildman–Crippen LogP) is 3.26. The van der Waals surface area contributed by atoms with Gasteiger partial charge in [-0.25, -0.2) is 8.78 Å². The Balaban J connectivity index is 2.07. The summed E-state index contributed by atoms with van der Waals surface area (Å²) in [5, 5.41) is 22.3. The van der Waals surface area contributed by atoms with Crippen molar-refractivity contribution in [2.24, 2.45) is 0 Å². The van der Waals surface area contributed by atoms with Crippen LogP contribution in [-0.4, -0.2) is 22.7 Å². The van der Waals surface area contributed by atoms with Crippen molar-refractivity contribution in [1.82, 2.24) is 5.32 Å². The summed E-state index contributed by atoms with van der Waals surface area (Å²) in [6.45, 7) is 3.72. The molecule has 6 heteroatoms. The number of aliphatic hydroxyl groups excluding tert-OH is 1. The molecule has 24 heavy (non-hydrogen) atoms. The number of halogens is 2. The third-order valence-electron chi connectivity index (χ3n) is 3.72. The fourth-order valence-corrected chi connectivity index (χ4v) is 2.22. The molecular weight excluding hydrogens is 316 g/mol. The zero-order valence-corrected chi connectivity index (χ0v) is 13.4. The van der Waals surface area contributed by atoms with Gasteiger partial charge < -0.3 is 15.5 Å². The molecule has 4 nitrogen and oxygen atoms in total. The normalized spacial score (nSPS) is 12.2. The van der Waals surface area contributed by atoms with Crippen LogP contribution in [0.2, 0.25) is 0 Å². The van der Waals surface area contributed by atoms with E-state index in [2.05, 4.69) is 5.32 Å². The van der Waals surface area contributed by atoms with E-state index in [4.69, 9.17) is 0 Å². The molecule has 0 bridgehead atoms. The van der Waals surface area contributed by atoms with Crippen LogP contribution < -0.4 is 5.32 Å². The number of aromatic hydroxyl groups is 1. The lowest BCUT2D eigenvalue weighted by molar-refractivity contribution is 0.0913. The molecular formula is C18H19F2NO3. The minimum absolute atomic E-state index is 0.0960. The van der Waals surface area contributed by atoms with Crippen LogP contribution >= 0.6 is 0 Å². The van der Waals surface area contributed by atoms with Crippen molar-refractivity contribution in [1.29, 1.82) is 0 Å². The van der Waals surface area contributed by atoms with Crippen LogP contribution in [-0.2, 0) is 0 Å². The number of nitrogens with one attached hydrogen (secondary N) is 1. The Morgan fingerprint density at radius 2 is 1.75 bits per heavy atom. The number of phenols is 1. The molecule has 0 fully saturated rings. The summed E-state index contributed by atoms with van der Waals surface area (Å²) in [5.41, 5.74) is 1.13. The number of aliphatic hydroxyl groups is 1. The molecule has 0 spiro atoms. The first-order valence-electron chi connectivity index (χ1n) is 7.53. The highest BCUT2D eigenvalue weighted by Gasteiger charge is 2.16. The van der Waals surface area contributed by atoms with Crippen molar-refractivity contribution in [2.75, 3.05) is 6.54 Å². The highest BCUT2D eigenvalue weighted by atomic mass is 19.2. The van der Waals surface area contributed by atoms with E-state index < -0.39 is 23.6 Å². The minimum atomic E-state index is -1.19. The first kappa shape index (κ1) is 17.9. The van der Waals surface area contributed by atoms with E-state index in [-0.39, 0.29) is 29.3 Å². The molecule has 3 N–H and O–H groups in total. The molecule has 0 aliphatic rings. The Kier molecular flexibility index (Phi) is 5.51. The second kappa shape index (κ2) is 7.40. The molecule has 0 saturated heterocycles. The third-order valence-corrected chi connectivity index (χ3v) is 3.72. The molecule has 0 aromatic heterocycles. The van der Waals surface area contributed by atoms with Gasteiger partial charge in [-0.05, 0) is 41.3 Å². The Bertz CT molecular complexity index is 747. The van der Waals surface area contributed by atoms with Gasteiger partial charge >= 0.3 is 0 Å². The lowest BCUT2D eigenvalue weighted by atomic mass is 10.00. The molecule has 0 saturated carbocycles. The van der Waals surface area contributed by atoms with E-state index >= 15 is 0 Å². The van der Waals surface area contributed by atoms with Crippen LogP contribution in [0, 0.1) is 11.6 Å². The number of hydrogen-bond donors (Lipinski definition) is 3. The molecule has 2 aromatic carbocycles. The van der Waals surface area contributed by atoms with Crippen molar-refractivity contribution < 1.29 is 23.8 Å². The van der Waals surface area contributed by atoms with E-state index in [1.807, 2.05) is 13.8 Å². The second-order valence-electron chi connectivity index (χ2n) is 5.83. The lowest BCUT2D eigenvalue weighted by Gasteiger charge is -2.14. The summed E-state index contributed by atoms with van der Waals surface area (Å²) in [7, 11) is 0. The van der Waals surface area contributed by atoms with Crippen LogP contribution in [0.1, 0.15) is 47.4 Å². The van der Waals surface area contributed by atoms with Gasteiger partial charge in [0.15, 0.2) is 11.6 Å². The molecule has 0 heterocycles. The van der Waals surface area contributed by atoms with Gasteiger partial charge in [-0.15, -0.1) is 0 Å².